The third kappa shape index (κ3) is 2.91. The first-order chi connectivity index (χ1) is 9.75. The summed E-state index contributed by atoms with van der Waals surface area (Å²) in [5, 5.41) is 9.74. The lowest BCUT2D eigenvalue weighted by atomic mass is 9.83. The van der Waals surface area contributed by atoms with E-state index in [-0.39, 0.29) is 18.4 Å². The molecule has 1 aromatic rings. The highest BCUT2D eigenvalue weighted by Crippen LogP contribution is 2.34. The zero-order valence-corrected chi connectivity index (χ0v) is 13.2. The van der Waals surface area contributed by atoms with E-state index >= 15 is 0 Å². The van der Waals surface area contributed by atoms with Gasteiger partial charge in [0.1, 0.15) is 0 Å². The third-order valence-electron chi connectivity index (χ3n) is 4.30. The largest absolute Gasteiger partial charge is 0.481 e. The number of carboxylic acids is 1. The first-order valence-electron chi connectivity index (χ1n) is 7.02. The highest BCUT2D eigenvalue weighted by atomic mass is 35.5. The Kier molecular flexibility index (Phi) is 4.28. The van der Waals surface area contributed by atoms with Gasteiger partial charge in [-0.2, -0.15) is 0 Å². The summed E-state index contributed by atoms with van der Waals surface area (Å²) in [6.45, 7) is 6.27. The van der Waals surface area contributed by atoms with Gasteiger partial charge in [-0.15, -0.1) is 0 Å². The molecule has 5 heteroatoms. The number of amides is 1. The quantitative estimate of drug-likeness (QED) is 0.934. The Morgan fingerprint density at radius 2 is 1.90 bits per heavy atom. The molecule has 0 saturated carbocycles. The first kappa shape index (κ1) is 15.8. The van der Waals surface area contributed by atoms with Gasteiger partial charge in [0, 0.05) is 18.1 Å². The predicted octanol–water partition coefficient (Wildman–Crippen LogP) is 2.80. The maximum atomic E-state index is 12.8. The number of hydrogen-bond acceptors (Lipinski definition) is 2. The number of likely N-dealkylation sites (tertiary alicyclic amines) is 1. The molecule has 1 fully saturated rings. The number of carboxylic acid groups (broad SMARTS) is 1. The normalized spacial score (nSPS) is 22.4. The highest BCUT2D eigenvalue weighted by Gasteiger charge is 2.42. The molecule has 0 radical (unpaired) electrons. The van der Waals surface area contributed by atoms with Crippen LogP contribution in [0.3, 0.4) is 0 Å². The fraction of sp³-hybridized carbons (Fsp3) is 0.500. The van der Waals surface area contributed by atoms with E-state index < -0.39 is 17.3 Å². The monoisotopic (exact) mass is 309 g/mol. The summed E-state index contributed by atoms with van der Waals surface area (Å²) in [6.07, 6.45) is 0. The first-order valence-corrected chi connectivity index (χ1v) is 7.40. The molecule has 4 nitrogen and oxygen atoms in total. The van der Waals surface area contributed by atoms with Crippen molar-refractivity contribution in [2.75, 3.05) is 13.1 Å². The molecule has 1 amide bonds. The minimum Gasteiger partial charge on any atom is -0.481 e. The van der Waals surface area contributed by atoms with Crippen molar-refractivity contribution in [3.63, 3.8) is 0 Å². The Labute approximate surface area is 129 Å². The van der Waals surface area contributed by atoms with Crippen molar-refractivity contribution in [1.29, 1.82) is 0 Å². The number of carbonyl (C=O) groups is 2. The summed E-state index contributed by atoms with van der Waals surface area (Å²) in [5.41, 5.74) is -0.00561. The van der Waals surface area contributed by atoms with E-state index in [2.05, 4.69) is 0 Å². The van der Waals surface area contributed by atoms with Crippen LogP contribution in [-0.4, -0.2) is 35.0 Å². The lowest BCUT2D eigenvalue weighted by Gasteiger charge is -2.30. The van der Waals surface area contributed by atoms with Gasteiger partial charge in [-0.05, 0) is 31.4 Å². The van der Waals surface area contributed by atoms with Gasteiger partial charge in [0.2, 0.25) is 5.91 Å². The van der Waals surface area contributed by atoms with Crippen molar-refractivity contribution in [3.05, 3.63) is 34.9 Å². The van der Waals surface area contributed by atoms with Crippen molar-refractivity contribution in [1.82, 2.24) is 4.90 Å². The van der Waals surface area contributed by atoms with Gasteiger partial charge >= 0.3 is 5.97 Å². The van der Waals surface area contributed by atoms with Crippen LogP contribution in [0.2, 0.25) is 5.02 Å². The van der Waals surface area contributed by atoms with Crippen molar-refractivity contribution in [2.24, 2.45) is 11.8 Å². The lowest BCUT2D eigenvalue weighted by Crippen LogP contribution is -2.42. The Morgan fingerprint density at radius 1 is 1.29 bits per heavy atom. The second-order valence-corrected chi connectivity index (χ2v) is 6.64. The number of aliphatic carboxylic acids is 1. The fourth-order valence-electron chi connectivity index (χ4n) is 2.93. The molecular weight excluding hydrogens is 290 g/mol. The number of carbonyl (C=O) groups excluding carboxylic acids is 1. The van der Waals surface area contributed by atoms with Crippen LogP contribution in [0.25, 0.3) is 0 Å². The van der Waals surface area contributed by atoms with E-state index in [0.29, 0.717) is 11.6 Å². The van der Waals surface area contributed by atoms with E-state index in [0.717, 1.165) is 5.56 Å². The second kappa shape index (κ2) is 5.68. The second-order valence-electron chi connectivity index (χ2n) is 6.24. The Morgan fingerprint density at radius 3 is 2.43 bits per heavy atom. The average molecular weight is 310 g/mol. The fourth-order valence-corrected chi connectivity index (χ4v) is 3.30. The molecule has 114 valence electrons. The van der Waals surface area contributed by atoms with Gasteiger partial charge in [0.15, 0.2) is 0 Å². The molecule has 0 bridgehead atoms. The zero-order chi connectivity index (χ0) is 15.8. The molecule has 0 unspecified atom stereocenters. The summed E-state index contributed by atoms with van der Waals surface area (Å²) in [5.74, 6) is -1.44. The summed E-state index contributed by atoms with van der Waals surface area (Å²) in [7, 11) is 0. The van der Waals surface area contributed by atoms with Crippen LogP contribution in [0, 0.1) is 11.8 Å². The molecule has 1 saturated heterocycles. The average Bonchev–Trinajstić information content (AvgIpc) is 2.80. The summed E-state index contributed by atoms with van der Waals surface area (Å²) in [4.78, 5) is 25.6. The van der Waals surface area contributed by atoms with Gasteiger partial charge in [-0.1, -0.05) is 36.7 Å². The molecular formula is C16H20ClNO3. The molecule has 1 aliphatic heterocycles. The Hall–Kier alpha value is -1.55. The number of rotatable bonds is 3. The van der Waals surface area contributed by atoms with Gasteiger partial charge in [0.25, 0.3) is 0 Å². The number of hydrogen-bond donors (Lipinski definition) is 1. The number of benzene rings is 1. The van der Waals surface area contributed by atoms with Crippen molar-refractivity contribution in [2.45, 2.75) is 26.2 Å². The van der Waals surface area contributed by atoms with Crippen molar-refractivity contribution in [3.8, 4) is 0 Å². The van der Waals surface area contributed by atoms with E-state index in [9.17, 15) is 14.7 Å². The third-order valence-corrected chi connectivity index (χ3v) is 4.63. The molecule has 21 heavy (non-hydrogen) atoms. The van der Waals surface area contributed by atoms with Crippen LogP contribution in [0.4, 0.5) is 0 Å². The molecule has 1 N–H and O–H groups in total. The molecule has 0 aliphatic carbocycles. The molecule has 2 rings (SSSR count). The maximum Gasteiger partial charge on any atom is 0.308 e. The summed E-state index contributed by atoms with van der Waals surface area (Å²) >= 11 is 6.20. The SMILES string of the molecule is C[C@@H]1CN(C(=O)C(C)(C)c2ccccc2Cl)C[C@H]1C(=O)O. The van der Waals surface area contributed by atoms with Crippen molar-refractivity contribution >= 4 is 23.5 Å². The topological polar surface area (TPSA) is 57.6 Å². The smallest absolute Gasteiger partial charge is 0.308 e. The molecule has 0 spiro atoms. The van der Waals surface area contributed by atoms with E-state index in [1.807, 2.05) is 39.0 Å². The Balaban J connectivity index is 2.24. The molecule has 1 aromatic carbocycles. The lowest BCUT2D eigenvalue weighted by molar-refractivity contribution is -0.142. The van der Waals surface area contributed by atoms with Crippen LogP contribution in [-0.2, 0) is 15.0 Å². The maximum absolute atomic E-state index is 12.8. The standard InChI is InChI=1S/C16H20ClNO3/c1-10-8-18(9-11(10)14(19)20)15(21)16(2,3)12-6-4-5-7-13(12)17/h4-7,10-11H,8-9H2,1-3H3,(H,19,20)/t10-,11-/m1/s1. The number of halogens is 1. The zero-order valence-electron chi connectivity index (χ0n) is 12.5. The number of nitrogens with zero attached hydrogens (tertiary/aromatic N) is 1. The molecule has 1 aliphatic rings. The minimum atomic E-state index is -0.839. The van der Waals surface area contributed by atoms with Crippen LogP contribution < -0.4 is 0 Å². The van der Waals surface area contributed by atoms with Crippen LogP contribution in [0.1, 0.15) is 26.3 Å². The van der Waals surface area contributed by atoms with E-state index in [1.165, 1.54) is 0 Å². The summed E-state index contributed by atoms with van der Waals surface area (Å²) < 4.78 is 0. The molecule has 1 heterocycles. The van der Waals surface area contributed by atoms with Gasteiger partial charge < -0.3 is 10.0 Å². The van der Waals surface area contributed by atoms with Crippen LogP contribution in [0.5, 0.6) is 0 Å². The molecule has 2 atom stereocenters. The van der Waals surface area contributed by atoms with Gasteiger partial charge in [-0.3, -0.25) is 9.59 Å². The van der Waals surface area contributed by atoms with Crippen LogP contribution in [0.15, 0.2) is 24.3 Å². The Bertz CT molecular complexity index is 570. The van der Waals surface area contributed by atoms with Gasteiger partial charge in [-0.25, -0.2) is 0 Å². The predicted molar refractivity (Wildman–Crippen MR) is 81.3 cm³/mol. The summed E-state index contributed by atoms with van der Waals surface area (Å²) in [6, 6.07) is 7.28. The van der Waals surface area contributed by atoms with Gasteiger partial charge in [0.05, 0.1) is 11.3 Å². The van der Waals surface area contributed by atoms with Crippen molar-refractivity contribution < 1.29 is 14.7 Å². The van der Waals surface area contributed by atoms with E-state index in [4.69, 9.17) is 11.6 Å². The highest BCUT2D eigenvalue weighted by molar-refractivity contribution is 6.31. The van der Waals surface area contributed by atoms with Crippen LogP contribution >= 0.6 is 11.6 Å². The molecule has 0 aromatic heterocycles. The van der Waals surface area contributed by atoms with E-state index in [1.54, 1.807) is 11.0 Å². The minimum absolute atomic E-state index is 0.0338.